The second kappa shape index (κ2) is 22.4. The maximum absolute atomic E-state index is 12.9. The summed E-state index contributed by atoms with van der Waals surface area (Å²) in [6.07, 6.45) is 5.77. The number of carbonyl (C=O) groups is 2. The Labute approximate surface area is 395 Å². The molecule has 0 saturated carbocycles. The number of carbonyl (C=O) groups excluding carboxylic acids is 2. The number of likely N-dealkylation sites (N-methyl/N-ethyl adjacent to an activating group) is 2. The minimum absolute atomic E-state index is 0.0645. The first-order valence-corrected chi connectivity index (χ1v) is 22.5. The Bertz CT molecular complexity index is 2400. The third-order valence-electron chi connectivity index (χ3n) is 13.5. The fourth-order valence-electron chi connectivity index (χ4n) is 9.93. The highest BCUT2D eigenvalue weighted by molar-refractivity contribution is 5.91. The first-order valence-electron chi connectivity index (χ1n) is 22.5. The first kappa shape index (κ1) is 50.1. The number of quaternary nitrogens is 2. The van der Waals surface area contributed by atoms with Gasteiger partial charge in [0.05, 0.1) is 123 Å². The fraction of sp³-hybridized carbons (Fsp3) is 0.462. The molecule has 0 amide bonds. The number of hydrogen-bond acceptors (Lipinski definition) is 13. The second-order valence-corrected chi connectivity index (χ2v) is 17.3. The van der Waals surface area contributed by atoms with Gasteiger partial charge in [0.2, 0.25) is 5.75 Å². The van der Waals surface area contributed by atoms with Crippen LogP contribution < -0.4 is 42.6 Å². The monoisotopic (exact) mass is 928 g/mol. The predicted octanol–water partition coefficient (Wildman–Crippen LogP) is 7.27. The van der Waals surface area contributed by atoms with Crippen molar-refractivity contribution in [3.63, 3.8) is 0 Å². The Morgan fingerprint density at radius 3 is 1.61 bits per heavy atom. The molecule has 0 aromatic heterocycles. The Hall–Kier alpha value is -6.32. The molecule has 15 heteroatoms. The lowest BCUT2D eigenvalue weighted by Crippen LogP contribution is -2.52. The van der Waals surface area contributed by atoms with Crippen LogP contribution in [-0.4, -0.2) is 138 Å². The molecular weight excluding hydrogens is 861 g/mol. The SMILES string of the molecule is COc1ccc(CC2c3cc(OC)c(OC)cc3CC[N+]2(C)CCCOC(=O)/C=C\C(=O)OCCC[N+]2(C)CCc3cc(OC)c(OC)c(OC)c3C2c2ccc(OC)c(OC)c2)cc1OC. The van der Waals surface area contributed by atoms with Crippen molar-refractivity contribution < 1.29 is 70.7 Å². The van der Waals surface area contributed by atoms with Gasteiger partial charge in [-0.1, -0.05) is 6.07 Å². The Kier molecular flexibility index (Phi) is 16.8. The minimum Gasteiger partial charge on any atom is -0.493 e. The molecule has 0 bridgehead atoms. The summed E-state index contributed by atoms with van der Waals surface area (Å²) in [7, 11) is 19.1. The number of rotatable bonds is 22. The summed E-state index contributed by atoms with van der Waals surface area (Å²) in [6, 6.07) is 18.0. The molecular formula is C52H68N2O13+2. The molecule has 4 aromatic rings. The number of methoxy groups -OCH3 is 9. The maximum Gasteiger partial charge on any atom is 0.331 e. The van der Waals surface area contributed by atoms with E-state index in [0.29, 0.717) is 80.1 Å². The number of hydrogen-bond donors (Lipinski definition) is 0. The Balaban J connectivity index is 1.07. The molecule has 2 heterocycles. The summed E-state index contributed by atoms with van der Waals surface area (Å²) in [5.74, 6) is 4.47. The van der Waals surface area contributed by atoms with Crippen molar-refractivity contribution in [1.29, 1.82) is 0 Å². The molecule has 2 aliphatic rings. The molecule has 15 nitrogen and oxygen atoms in total. The molecule has 67 heavy (non-hydrogen) atoms. The standard InChI is InChI=1S/C52H68N2O13/c1-53(24-20-35-30-44(61-7)45(62-8)33-38(35)39(53)28-34-14-16-40(57-3)42(29-34)59-5)22-12-26-66-47(55)18-19-48(56)67-27-13-23-54(2)25-21-36-31-46(63-9)51(64-10)52(65-11)49(36)50(54)37-15-17-41(58-4)43(32-37)60-6/h14-19,29-33,39,50H,12-13,20-28H2,1-11H3/q+2/b19-18-. The summed E-state index contributed by atoms with van der Waals surface area (Å²) < 4.78 is 63.9. The van der Waals surface area contributed by atoms with Gasteiger partial charge in [0.15, 0.2) is 46.0 Å². The molecule has 6 rings (SSSR count). The quantitative estimate of drug-likeness (QED) is 0.0339. The zero-order chi connectivity index (χ0) is 48.3. The van der Waals surface area contributed by atoms with Crippen LogP contribution >= 0.6 is 0 Å². The van der Waals surface area contributed by atoms with Gasteiger partial charge in [-0.3, -0.25) is 0 Å². The Morgan fingerprint density at radius 2 is 1.03 bits per heavy atom. The van der Waals surface area contributed by atoms with E-state index in [-0.39, 0.29) is 25.3 Å². The van der Waals surface area contributed by atoms with Crippen molar-refractivity contribution in [2.75, 3.05) is 117 Å². The molecule has 0 N–H and O–H groups in total. The maximum atomic E-state index is 12.9. The van der Waals surface area contributed by atoms with Gasteiger partial charge in [0.25, 0.3) is 0 Å². The fourth-order valence-corrected chi connectivity index (χ4v) is 9.93. The normalized spacial score (nSPS) is 19.6. The summed E-state index contributed by atoms with van der Waals surface area (Å²) in [5.41, 5.74) is 6.60. The molecule has 0 spiro atoms. The molecule has 0 saturated heterocycles. The van der Waals surface area contributed by atoms with Gasteiger partial charge >= 0.3 is 11.9 Å². The smallest absolute Gasteiger partial charge is 0.331 e. The lowest BCUT2D eigenvalue weighted by atomic mass is 9.84. The lowest BCUT2D eigenvalue weighted by molar-refractivity contribution is -0.941. The summed E-state index contributed by atoms with van der Waals surface area (Å²) in [6.45, 7) is 3.42. The van der Waals surface area contributed by atoms with Gasteiger partial charge in [0.1, 0.15) is 12.1 Å². The topological polar surface area (TPSA) is 136 Å². The van der Waals surface area contributed by atoms with Crippen LogP contribution in [0.1, 0.15) is 58.3 Å². The van der Waals surface area contributed by atoms with E-state index in [1.807, 2.05) is 36.4 Å². The second-order valence-electron chi connectivity index (χ2n) is 17.3. The molecule has 4 aromatic carbocycles. The van der Waals surface area contributed by atoms with Crippen molar-refractivity contribution in [2.24, 2.45) is 0 Å². The van der Waals surface area contributed by atoms with Crippen molar-refractivity contribution in [3.05, 3.63) is 100 Å². The van der Waals surface area contributed by atoms with Crippen LogP contribution in [0.2, 0.25) is 0 Å². The van der Waals surface area contributed by atoms with Gasteiger partial charge in [-0.15, -0.1) is 0 Å². The average Bonchev–Trinajstić information content (AvgIpc) is 3.35. The van der Waals surface area contributed by atoms with E-state index < -0.39 is 11.9 Å². The van der Waals surface area contributed by atoms with Crippen molar-refractivity contribution in [1.82, 2.24) is 0 Å². The Morgan fingerprint density at radius 1 is 0.537 bits per heavy atom. The van der Waals surface area contributed by atoms with Gasteiger partial charge in [-0.05, 0) is 65.2 Å². The highest BCUT2D eigenvalue weighted by atomic mass is 16.5. The first-order chi connectivity index (χ1) is 32.3. The van der Waals surface area contributed by atoms with E-state index in [2.05, 4.69) is 32.3 Å². The van der Waals surface area contributed by atoms with Gasteiger partial charge < -0.3 is 61.1 Å². The molecule has 0 fully saturated rings. The number of esters is 2. The highest BCUT2D eigenvalue weighted by Gasteiger charge is 2.44. The van der Waals surface area contributed by atoms with Crippen LogP contribution in [0.3, 0.4) is 0 Å². The van der Waals surface area contributed by atoms with Crippen LogP contribution in [-0.2, 0) is 38.3 Å². The van der Waals surface area contributed by atoms with Crippen molar-refractivity contribution in [2.45, 2.75) is 44.2 Å². The van der Waals surface area contributed by atoms with Gasteiger partial charge in [0, 0.05) is 55.4 Å². The zero-order valence-electron chi connectivity index (χ0n) is 41.0. The molecule has 4 atom stereocenters. The van der Waals surface area contributed by atoms with Crippen LogP contribution in [0.5, 0.6) is 51.7 Å². The minimum atomic E-state index is -0.617. The van der Waals surface area contributed by atoms with Crippen LogP contribution in [0, 0.1) is 0 Å². The molecule has 0 radical (unpaired) electrons. The van der Waals surface area contributed by atoms with E-state index in [1.54, 1.807) is 64.0 Å². The van der Waals surface area contributed by atoms with Gasteiger partial charge in [-0.25, -0.2) is 9.59 Å². The third-order valence-corrected chi connectivity index (χ3v) is 13.5. The average molecular weight is 929 g/mol. The van der Waals surface area contributed by atoms with Gasteiger partial charge in [-0.2, -0.15) is 0 Å². The van der Waals surface area contributed by atoms with Crippen molar-refractivity contribution in [3.8, 4) is 51.7 Å². The van der Waals surface area contributed by atoms with Crippen molar-refractivity contribution >= 4 is 11.9 Å². The van der Waals surface area contributed by atoms with Crippen LogP contribution in [0.4, 0.5) is 0 Å². The number of benzene rings is 4. The van der Waals surface area contributed by atoms with Crippen LogP contribution in [0.25, 0.3) is 0 Å². The number of ether oxygens (including phenoxy) is 11. The summed E-state index contributed by atoms with van der Waals surface area (Å²) in [5, 5.41) is 0. The summed E-state index contributed by atoms with van der Waals surface area (Å²) >= 11 is 0. The molecule has 0 aliphatic carbocycles. The third kappa shape index (κ3) is 10.9. The largest absolute Gasteiger partial charge is 0.493 e. The number of nitrogens with zero attached hydrogens (tertiary/aromatic N) is 2. The van der Waals surface area contributed by atoms with E-state index in [0.717, 1.165) is 73.3 Å². The van der Waals surface area contributed by atoms with E-state index >= 15 is 0 Å². The molecule has 362 valence electrons. The van der Waals surface area contributed by atoms with E-state index in [1.165, 1.54) is 11.1 Å². The van der Waals surface area contributed by atoms with Crippen LogP contribution in [0.15, 0.2) is 66.7 Å². The van der Waals surface area contributed by atoms with E-state index in [9.17, 15) is 9.59 Å². The lowest BCUT2D eigenvalue weighted by Gasteiger charge is -2.46. The summed E-state index contributed by atoms with van der Waals surface area (Å²) in [4.78, 5) is 25.7. The number of fused-ring (bicyclic) bond motifs is 2. The zero-order valence-corrected chi connectivity index (χ0v) is 41.0. The van der Waals surface area contributed by atoms with E-state index in [4.69, 9.17) is 52.1 Å². The predicted molar refractivity (Wildman–Crippen MR) is 253 cm³/mol. The highest BCUT2D eigenvalue weighted by Crippen LogP contribution is 2.52. The molecule has 4 unspecified atom stereocenters. The molecule has 2 aliphatic heterocycles.